The second-order valence-electron chi connectivity index (χ2n) is 4.26. The number of nitrogens with one attached hydrogen (secondary N) is 1. The van der Waals surface area contributed by atoms with E-state index in [1.165, 1.54) is 6.08 Å². The third-order valence-electron chi connectivity index (χ3n) is 2.74. The highest BCUT2D eigenvalue weighted by Crippen LogP contribution is 2.28. The monoisotopic (exact) mass is 280 g/mol. The number of carbonyl (C=O) groups is 1. The van der Waals surface area contributed by atoms with Crippen LogP contribution in [0.4, 0.5) is 17.1 Å². The quantitative estimate of drug-likeness (QED) is 0.515. The molecule has 0 fully saturated rings. The smallest absolute Gasteiger partial charge is 0.261 e. The first-order valence-corrected chi connectivity index (χ1v) is 6.43. The maximum atomic E-state index is 11.4. The molecular formula is C16H16N4O. The average molecular weight is 280 g/mol. The number of hydrogen-bond donors (Lipinski definition) is 1. The van der Waals surface area contributed by atoms with E-state index in [2.05, 4.69) is 22.2 Å². The number of rotatable bonds is 5. The van der Waals surface area contributed by atoms with Gasteiger partial charge < -0.3 is 0 Å². The minimum atomic E-state index is -0.285. The summed E-state index contributed by atoms with van der Waals surface area (Å²) in [7, 11) is 1.73. The summed E-state index contributed by atoms with van der Waals surface area (Å²) in [6, 6.07) is 16.9. The number of para-hydroxylation sites is 1. The lowest BCUT2D eigenvalue weighted by atomic mass is 10.2. The number of carbonyl (C=O) groups excluding carboxylic acids is 1. The largest absolute Gasteiger partial charge is 0.286 e. The molecule has 0 heterocycles. The maximum absolute atomic E-state index is 11.4. The molecule has 2 aromatic rings. The van der Waals surface area contributed by atoms with Gasteiger partial charge in [-0.25, -0.2) is 0 Å². The van der Waals surface area contributed by atoms with Gasteiger partial charge in [0.05, 0.1) is 11.4 Å². The molecular weight excluding hydrogens is 264 g/mol. The van der Waals surface area contributed by atoms with Gasteiger partial charge in [-0.1, -0.05) is 36.9 Å². The summed E-state index contributed by atoms with van der Waals surface area (Å²) in [4.78, 5) is 11.4. The molecule has 21 heavy (non-hydrogen) atoms. The third-order valence-corrected chi connectivity index (χ3v) is 2.74. The van der Waals surface area contributed by atoms with Crippen LogP contribution < -0.4 is 10.4 Å². The second-order valence-corrected chi connectivity index (χ2v) is 4.26. The number of benzene rings is 2. The van der Waals surface area contributed by atoms with E-state index in [0.717, 1.165) is 11.4 Å². The zero-order valence-corrected chi connectivity index (χ0v) is 11.7. The van der Waals surface area contributed by atoms with Crippen LogP contribution in [0, 0.1) is 0 Å². The molecule has 0 atom stereocenters. The molecule has 0 bridgehead atoms. The Kier molecular flexibility index (Phi) is 4.82. The van der Waals surface area contributed by atoms with E-state index in [9.17, 15) is 4.79 Å². The minimum Gasteiger partial charge on any atom is -0.286 e. The normalized spacial score (nSPS) is 10.3. The molecule has 0 radical (unpaired) electrons. The van der Waals surface area contributed by atoms with E-state index in [0.29, 0.717) is 5.69 Å². The SMILES string of the molecule is C=CC(=O)NN(C)c1ccccc1N=Nc1ccccc1. The van der Waals surface area contributed by atoms with E-state index < -0.39 is 0 Å². The van der Waals surface area contributed by atoms with E-state index in [1.807, 2.05) is 54.6 Å². The lowest BCUT2D eigenvalue weighted by Gasteiger charge is -2.20. The Morgan fingerprint density at radius 1 is 1.10 bits per heavy atom. The zero-order valence-electron chi connectivity index (χ0n) is 11.7. The highest BCUT2D eigenvalue weighted by molar-refractivity contribution is 5.88. The van der Waals surface area contributed by atoms with Crippen molar-refractivity contribution in [2.45, 2.75) is 0 Å². The Morgan fingerprint density at radius 2 is 1.76 bits per heavy atom. The van der Waals surface area contributed by atoms with Gasteiger partial charge >= 0.3 is 0 Å². The van der Waals surface area contributed by atoms with Crippen LogP contribution in [-0.2, 0) is 4.79 Å². The summed E-state index contributed by atoms with van der Waals surface area (Å²) >= 11 is 0. The van der Waals surface area contributed by atoms with Crippen molar-refractivity contribution in [3.05, 3.63) is 67.3 Å². The molecule has 106 valence electrons. The molecule has 0 saturated carbocycles. The molecule has 0 saturated heterocycles. The molecule has 5 nitrogen and oxygen atoms in total. The Hall–Kier alpha value is -2.95. The van der Waals surface area contributed by atoms with E-state index in [1.54, 1.807) is 12.1 Å². The van der Waals surface area contributed by atoms with Crippen molar-refractivity contribution >= 4 is 23.0 Å². The molecule has 0 aliphatic rings. The van der Waals surface area contributed by atoms with E-state index in [4.69, 9.17) is 0 Å². The predicted molar refractivity (Wildman–Crippen MR) is 83.8 cm³/mol. The molecule has 0 unspecified atom stereocenters. The van der Waals surface area contributed by atoms with Gasteiger partial charge in [-0.05, 0) is 30.3 Å². The molecule has 2 aromatic carbocycles. The van der Waals surface area contributed by atoms with Gasteiger partial charge in [-0.3, -0.25) is 15.2 Å². The van der Waals surface area contributed by atoms with Gasteiger partial charge in [0.15, 0.2) is 0 Å². The average Bonchev–Trinajstić information content (AvgIpc) is 2.54. The zero-order chi connectivity index (χ0) is 15.1. The third kappa shape index (κ3) is 4.01. The Balaban J connectivity index is 2.22. The van der Waals surface area contributed by atoms with Crippen molar-refractivity contribution < 1.29 is 4.79 Å². The molecule has 5 heteroatoms. The van der Waals surface area contributed by atoms with Gasteiger partial charge in [-0.2, -0.15) is 5.11 Å². The summed E-state index contributed by atoms with van der Waals surface area (Å²) in [5, 5.41) is 10.0. The lowest BCUT2D eigenvalue weighted by molar-refractivity contribution is -0.116. The van der Waals surface area contributed by atoms with Crippen molar-refractivity contribution in [2.24, 2.45) is 10.2 Å². The predicted octanol–water partition coefficient (Wildman–Crippen LogP) is 3.76. The first-order valence-electron chi connectivity index (χ1n) is 6.43. The van der Waals surface area contributed by atoms with Crippen molar-refractivity contribution in [1.29, 1.82) is 0 Å². The first-order chi connectivity index (χ1) is 10.2. The summed E-state index contributed by atoms with van der Waals surface area (Å²) in [6.07, 6.45) is 1.21. The second kappa shape index (κ2) is 7.00. The number of anilines is 1. The standard InChI is InChI=1S/C16H16N4O/c1-3-16(21)19-20(2)15-12-8-7-11-14(15)18-17-13-9-5-4-6-10-13/h3-12H,1H2,2H3,(H,19,21). The number of amides is 1. The molecule has 0 spiro atoms. The highest BCUT2D eigenvalue weighted by atomic mass is 16.2. The summed E-state index contributed by atoms with van der Waals surface area (Å²) in [6.45, 7) is 3.43. The van der Waals surface area contributed by atoms with Gasteiger partial charge in [0.2, 0.25) is 0 Å². The fourth-order valence-corrected chi connectivity index (χ4v) is 1.71. The van der Waals surface area contributed by atoms with E-state index in [-0.39, 0.29) is 5.91 Å². The highest BCUT2D eigenvalue weighted by Gasteiger charge is 2.07. The minimum absolute atomic E-state index is 0.285. The molecule has 0 aliphatic heterocycles. The Morgan fingerprint density at radius 3 is 2.48 bits per heavy atom. The van der Waals surface area contributed by atoms with Crippen molar-refractivity contribution in [3.8, 4) is 0 Å². The van der Waals surface area contributed by atoms with Gasteiger partial charge in [0.1, 0.15) is 5.69 Å². The molecule has 1 N–H and O–H groups in total. The fraction of sp³-hybridized carbons (Fsp3) is 0.0625. The maximum Gasteiger partial charge on any atom is 0.261 e. The van der Waals surface area contributed by atoms with Crippen molar-refractivity contribution in [3.63, 3.8) is 0 Å². The van der Waals surface area contributed by atoms with Crippen LogP contribution in [0.5, 0.6) is 0 Å². The number of hydrogen-bond acceptors (Lipinski definition) is 4. The number of nitrogens with zero attached hydrogens (tertiary/aromatic N) is 3. The number of azo groups is 1. The van der Waals surface area contributed by atoms with Crippen LogP contribution in [0.25, 0.3) is 0 Å². The molecule has 0 aliphatic carbocycles. The summed E-state index contributed by atoms with van der Waals surface area (Å²) in [5.41, 5.74) is 4.83. The summed E-state index contributed by atoms with van der Waals surface area (Å²) < 4.78 is 0. The van der Waals surface area contributed by atoms with Crippen molar-refractivity contribution in [1.82, 2.24) is 5.43 Å². The molecule has 0 aromatic heterocycles. The van der Waals surface area contributed by atoms with E-state index >= 15 is 0 Å². The topological polar surface area (TPSA) is 57.1 Å². The van der Waals surface area contributed by atoms with Crippen LogP contribution in [-0.4, -0.2) is 13.0 Å². The van der Waals surface area contributed by atoms with Crippen LogP contribution >= 0.6 is 0 Å². The summed E-state index contributed by atoms with van der Waals surface area (Å²) in [5.74, 6) is -0.285. The van der Waals surface area contributed by atoms with Crippen LogP contribution in [0.2, 0.25) is 0 Å². The first kappa shape index (κ1) is 14.5. The van der Waals surface area contributed by atoms with Crippen molar-refractivity contribution in [2.75, 3.05) is 12.1 Å². The van der Waals surface area contributed by atoms with Gasteiger partial charge in [0.25, 0.3) is 5.91 Å². The fourth-order valence-electron chi connectivity index (χ4n) is 1.71. The van der Waals surface area contributed by atoms with Gasteiger partial charge in [0, 0.05) is 7.05 Å². The van der Waals surface area contributed by atoms with Gasteiger partial charge in [-0.15, -0.1) is 5.11 Å². The van der Waals surface area contributed by atoms with Crippen LogP contribution in [0.1, 0.15) is 0 Å². The molecule has 1 amide bonds. The Labute approximate surface area is 123 Å². The molecule has 2 rings (SSSR count). The lowest BCUT2D eigenvalue weighted by Crippen LogP contribution is -2.38. The van der Waals surface area contributed by atoms with Crippen LogP contribution in [0.3, 0.4) is 0 Å². The Bertz CT molecular complexity index is 652. The van der Waals surface area contributed by atoms with Crippen LogP contribution in [0.15, 0.2) is 77.5 Å². The number of hydrazine groups is 1.